The summed E-state index contributed by atoms with van der Waals surface area (Å²) in [6, 6.07) is 0. The fraction of sp³-hybridized carbons (Fsp3) is 0.909. The van der Waals surface area contributed by atoms with E-state index < -0.39 is 8.32 Å². The zero-order valence-corrected chi connectivity index (χ0v) is 19.5. The van der Waals surface area contributed by atoms with Crippen molar-refractivity contribution in [3.8, 4) is 0 Å². The first-order valence-corrected chi connectivity index (χ1v) is 13.4. The van der Waals surface area contributed by atoms with Crippen LogP contribution in [0.2, 0.25) is 18.1 Å². The minimum absolute atomic E-state index is 0.279. The van der Waals surface area contributed by atoms with E-state index in [1.165, 1.54) is 32.1 Å². The summed E-state index contributed by atoms with van der Waals surface area (Å²) in [7, 11) is 0.00676. The summed E-state index contributed by atoms with van der Waals surface area (Å²) in [6.07, 6.45) is 6.42. The van der Waals surface area contributed by atoms with Crippen LogP contribution in [-0.2, 0) is 13.9 Å². The second-order valence-corrected chi connectivity index (χ2v) is 15.1. The molecule has 1 fully saturated rings. The van der Waals surface area contributed by atoms with Gasteiger partial charge in [-0.2, -0.15) is 0 Å². The van der Waals surface area contributed by atoms with E-state index in [1.807, 2.05) is 0 Å². The van der Waals surface area contributed by atoms with Crippen LogP contribution in [0.15, 0.2) is 11.1 Å². The molecule has 0 N–H and O–H groups in total. The predicted octanol–water partition coefficient (Wildman–Crippen LogP) is 6.16. The minimum atomic E-state index is -1.69. The van der Waals surface area contributed by atoms with E-state index >= 15 is 0 Å². The number of rotatable bonds is 8. The SMILES string of the molecule is COCOC[C@@H](C)C1CCC2=C(CO[Si](C)(C)C(C)(C)C)CCC[C@@]21C. The van der Waals surface area contributed by atoms with E-state index in [2.05, 4.69) is 47.7 Å². The molecular formula is C22H42O3Si. The average Bonchev–Trinajstić information content (AvgIpc) is 2.89. The Bertz CT molecular complexity index is 506. The first kappa shape index (κ1) is 22.1. The molecule has 152 valence electrons. The summed E-state index contributed by atoms with van der Waals surface area (Å²) in [5.41, 5.74) is 3.70. The van der Waals surface area contributed by atoms with Crippen LogP contribution in [0.3, 0.4) is 0 Å². The van der Waals surface area contributed by atoms with Gasteiger partial charge in [-0.05, 0) is 73.1 Å². The third-order valence-electron chi connectivity index (χ3n) is 7.50. The highest BCUT2D eigenvalue weighted by Crippen LogP contribution is 2.57. The maximum absolute atomic E-state index is 6.60. The van der Waals surface area contributed by atoms with Crippen molar-refractivity contribution < 1.29 is 13.9 Å². The van der Waals surface area contributed by atoms with Crippen LogP contribution in [0.1, 0.15) is 66.7 Å². The molecule has 2 rings (SSSR count). The van der Waals surface area contributed by atoms with Crippen molar-refractivity contribution in [1.82, 2.24) is 0 Å². The lowest BCUT2D eigenvalue weighted by Gasteiger charge is -2.42. The Hall–Kier alpha value is -0.163. The molecule has 0 aromatic heterocycles. The van der Waals surface area contributed by atoms with E-state index in [0.717, 1.165) is 19.1 Å². The summed E-state index contributed by atoms with van der Waals surface area (Å²) >= 11 is 0. The predicted molar refractivity (Wildman–Crippen MR) is 112 cm³/mol. The van der Waals surface area contributed by atoms with Crippen LogP contribution < -0.4 is 0 Å². The molecule has 0 radical (unpaired) electrons. The summed E-state index contributed by atoms with van der Waals surface area (Å²) in [6.45, 7) is 18.7. The first-order valence-electron chi connectivity index (χ1n) is 10.4. The van der Waals surface area contributed by atoms with Gasteiger partial charge in [0.1, 0.15) is 6.79 Å². The molecule has 0 bridgehead atoms. The Morgan fingerprint density at radius 1 is 1.23 bits per heavy atom. The molecule has 3 atom stereocenters. The molecule has 0 aromatic carbocycles. The maximum Gasteiger partial charge on any atom is 0.192 e. The van der Waals surface area contributed by atoms with Gasteiger partial charge in [0, 0.05) is 7.11 Å². The standard InChI is InChI=1S/C22H42O3Si/c1-17(14-24-16-23-6)19-11-12-20-18(10-9-13-22(19,20)5)15-25-26(7,8)21(2,3)4/h17,19H,9-16H2,1-8H3/t17-,19?,22-/m1/s1. The quantitative estimate of drug-likeness (QED) is 0.218. The molecule has 0 heterocycles. The van der Waals surface area contributed by atoms with Gasteiger partial charge in [0.05, 0.1) is 13.2 Å². The van der Waals surface area contributed by atoms with Gasteiger partial charge in [0.2, 0.25) is 0 Å². The Morgan fingerprint density at radius 2 is 1.92 bits per heavy atom. The van der Waals surface area contributed by atoms with E-state index in [4.69, 9.17) is 13.9 Å². The molecule has 0 saturated heterocycles. The molecule has 3 nitrogen and oxygen atoms in total. The Labute approximate surface area is 163 Å². The monoisotopic (exact) mass is 382 g/mol. The molecule has 1 saturated carbocycles. The zero-order chi connectivity index (χ0) is 19.6. The van der Waals surface area contributed by atoms with Crippen molar-refractivity contribution in [1.29, 1.82) is 0 Å². The molecule has 1 unspecified atom stereocenters. The lowest BCUT2D eigenvalue weighted by Crippen LogP contribution is -2.41. The van der Waals surface area contributed by atoms with Crippen LogP contribution in [0.25, 0.3) is 0 Å². The molecule has 26 heavy (non-hydrogen) atoms. The number of fused-ring (bicyclic) bond motifs is 1. The number of hydrogen-bond acceptors (Lipinski definition) is 3. The number of ether oxygens (including phenoxy) is 2. The van der Waals surface area contributed by atoms with Crippen LogP contribution in [-0.4, -0.2) is 35.4 Å². The summed E-state index contributed by atoms with van der Waals surface area (Å²) < 4.78 is 17.3. The fourth-order valence-electron chi connectivity index (χ4n) is 4.85. The van der Waals surface area contributed by atoms with E-state index in [9.17, 15) is 0 Å². The van der Waals surface area contributed by atoms with Gasteiger partial charge < -0.3 is 13.9 Å². The van der Waals surface area contributed by atoms with Crippen molar-refractivity contribution in [2.75, 3.05) is 27.1 Å². The topological polar surface area (TPSA) is 27.7 Å². The van der Waals surface area contributed by atoms with Crippen LogP contribution in [0, 0.1) is 17.3 Å². The maximum atomic E-state index is 6.60. The highest BCUT2D eigenvalue weighted by Gasteiger charge is 2.47. The second-order valence-electron chi connectivity index (χ2n) is 10.3. The van der Waals surface area contributed by atoms with Crippen molar-refractivity contribution >= 4 is 8.32 Å². The third-order valence-corrected chi connectivity index (χ3v) is 12.0. The third kappa shape index (κ3) is 4.63. The van der Waals surface area contributed by atoms with Crippen molar-refractivity contribution in [2.45, 2.75) is 84.9 Å². The van der Waals surface area contributed by atoms with E-state index in [1.54, 1.807) is 18.3 Å². The molecule has 0 spiro atoms. The van der Waals surface area contributed by atoms with Gasteiger partial charge in [-0.3, -0.25) is 0 Å². The Morgan fingerprint density at radius 3 is 2.54 bits per heavy atom. The summed E-state index contributed by atoms with van der Waals surface area (Å²) in [5, 5.41) is 0.279. The minimum Gasteiger partial charge on any atom is -0.413 e. The largest absolute Gasteiger partial charge is 0.413 e. The summed E-state index contributed by atoms with van der Waals surface area (Å²) in [4.78, 5) is 0. The number of methoxy groups -OCH3 is 1. The zero-order valence-electron chi connectivity index (χ0n) is 18.5. The number of allylic oxidation sites excluding steroid dienone is 1. The van der Waals surface area contributed by atoms with E-state index in [-0.39, 0.29) is 5.04 Å². The fourth-order valence-corrected chi connectivity index (χ4v) is 5.82. The normalized spacial score (nSPS) is 28.4. The van der Waals surface area contributed by atoms with Crippen molar-refractivity contribution in [3.63, 3.8) is 0 Å². The molecule has 0 aliphatic heterocycles. The van der Waals surface area contributed by atoms with Gasteiger partial charge in [-0.15, -0.1) is 0 Å². The molecule has 0 amide bonds. The average molecular weight is 383 g/mol. The molecule has 0 aromatic rings. The Balaban J connectivity index is 2.10. The smallest absolute Gasteiger partial charge is 0.192 e. The van der Waals surface area contributed by atoms with Gasteiger partial charge in [-0.25, -0.2) is 0 Å². The van der Waals surface area contributed by atoms with Gasteiger partial charge in [0.25, 0.3) is 0 Å². The first-order chi connectivity index (χ1) is 12.0. The van der Waals surface area contributed by atoms with Crippen LogP contribution in [0.5, 0.6) is 0 Å². The van der Waals surface area contributed by atoms with Crippen molar-refractivity contribution in [2.24, 2.45) is 17.3 Å². The lowest BCUT2D eigenvalue weighted by molar-refractivity contribution is -0.0534. The molecule has 4 heteroatoms. The molecule has 2 aliphatic rings. The molecular weight excluding hydrogens is 340 g/mol. The van der Waals surface area contributed by atoms with Gasteiger partial charge in [-0.1, -0.05) is 40.2 Å². The second kappa shape index (κ2) is 8.46. The Kier molecular flexibility index (Phi) is 7.20. The number of hydrogen-bond donors (Lipinski definition) is 0. The van der Waals surface area contributed by atoms with Crippen molar-refractivity contribution in [3.05, 3.63) is 11.1 Å². The highest BCUT2D eigenvalue weighted by atomic mass is 28.4. The molecule has 2 aliphatic carbocycles. The van der Waals surface area contributed by atoms with Gasteiger partial charge >= 0.3 is 0 Å². The van der Waals surface area contributed by atoms with Gasteiger partial charge in [0.15, 0.2) is 8.32 Å². The van der Waals surface area contributed by atoms with E-state index in [0.29, 0.717) is 18.1 Å². The summed E-state index contributed by atoms with van der Waals surface area (Å²) in [5.74, 6) is 1.30. The highest BCUT2D eigenvalue weighted by molar-refractivity contribution is 6.74. The van der Waals surface area contributed by atoms with Crippen LogP contribution in [0.4, 0.5) is 0 Å². The van der Waals surface area contributed by atoms with Crippen LogP contribution >= 0.6 is 0 Å². The lowest BCUT2D eigenvalue weighted by atomic mass is 9.65.